The average molecular weight is 285 g/mol. The Balaban J connectivity index is 2.32. The standard InChI is InChI=1S/C15H22ClFN2/c1-4-11-8-18-14(10(2)3)9-19(11)15-12(16)6-5-7-13(15)17/h5-7,10-11,14,18H,4,8-9H2,1-3H3. The summed E-state index contributed by atoms with van der Waals surface area (Å²) in [5, 5.41) is 4.05. The van der Waals surface area contributed by atoms with Crippen LogP contribution in [0.5, 0.6) is 0 Å². The molecule has 106 valence electrons. The van der Waals surface area contributed by atoms with Crippen LogP contribution in [0.3, 0.4) is 0 Å². The number of nitrogens with one attached hydrogen (secondary N) is 1. The second-order valence-corrected chi connectivity index (χ2v) is 5.95. The average Bonchev–Trinajstić information content (AvgIpc) is 2.38. The molecule has 0 aromatic heterocycles. The van der Waals surface area contributed by atoms with E-state index in [1.54, 1.807) is 12.1 Å². The summed E-state index contributed by atoms with van der Waals surface area (Å²) >= 11 is 6.21. The first-order chi connectivity index (χ1) is 9.04. The fraction of sp³-hybridized carbons (Fsp3) is 0.600. The Hall–Kier alpha value is -0.800. The van der Waals surface area contributed by atoms with E-state index in [1.165, 1.54) is 6.07 Å². The molecule has 1 aromatic carbocycles. The monoisotopic (exact) mass is 284 g/mol. The lowest BCUT2D eigenvalue weighted by atomic mass is 9.97. The molecule has 0 amide bonds. The Kier molecular flexibility index (Phi) is 4.69. The van der Waals surface area contributed by atoms with Gasteiger partial charge in [0.25, 0.3) is 0 Å². The zero-order valence-corrected chi connectivity index (χ0v) is 12.5. The molecule has 2 nitrogen and oxygen atoms in total. The van der Waals surface area contributed by atoms with E-state index < -0.39 is 0 Å². The van der Waals surface area contributed by atoms with Crippen LogP contribution < -0.4 is 10.2 Å². The van der Waals surface area contributed by atoms with Gasteiger partial charge in [-0.15, -0.1) is 0 Å². The molecule has 1 aliphatic rings. The van der Waals surface area contributed by atoms with E-state index in [-0.39, 0.29) is 5.82 Å². The van der Waals surface area contributed by atoms with Gasteiger partial charge in [0.05, 0.1) is 10.7 Å². The Morgan fingerprint density at radius 1 is 1.47 bits per heavy atom. The number of hydrogen-bond acceptors (Lipinski definition) is 2. The first-order valence-electron chi connectivity index (χ1n) is 6.98. The van der Waals surface area contributed by atoms with Crippen molar-refractivity contribution in [3.8, 4) is 0 Å². The number of rotatable bonds is 3. The minimum absolute atomic E-state index is 0.227. The van der Waals surface area contributed by atoms with Crippen LogP contribution in [0.15, 0.2) is 18.2 Å². The van der Waals surface area contributed by atoms with Crippen molar-refractivity contribution in [3.63, 3.8) is 0 Å². The van der Waals surface area contributed by atoms with Crippen LogP contribution in [0, 0.1) is 11.7 Å². The number of para-hydroxylation sites is 1. The number of piperazine rings is 1. The van der Waals surface area contributed by atoms with Crippen molar-refractivity contribution in [2.24, 2.45) is 5.92 Å². The van der Waals surface area contributed by atoms with Crippen molar-refractivity contribution in [2.45, 2.75) is 39.3 Å². The summed E-state index contributed by atoms with van der Waals surface area (Å²) in [5.74, 6) is 0.293. The highest BCUT2D eigenvalue weighted by Crippen LogP contribution is 2.32. The first kappa shape index (κ1) is 14.6. The second-order valence-electron chi connectivity index (χ2n) is 5.54. The highest BCUT2D eigenvalue weighted by atomic mass is 35.5. The van der Waals surface area contributed by atoms with Gasteiger partial charge in [0.15, 0.2) is 0 Å². The Bertz CT molecular complexity index is 416. The molecule has 1 aliphatic heterocycles. The summed E-state index contributed by atoms with van der Waals surface area (Å²) in [6.45, 7) is 8.18. The zero-order chi connectivity index (χ0) is 14.0. The van der Waals surface area contributed by atoms with E-state index in [4.69, 9.17) is 11.6 Å². The highest BCUT2D eigenvalue weighted by molar-refractivity contribution is 6.33. The molecule has 1 aromatic rings. The van der Waals surface area contributed by atoms with Gasteiger partial charge in [-0.3, -0.25) is 0 Å². The van der Waals surface area contributed by atoms with Gasteiger partial charge < -0.3 is 10.2 Å². The molecule has 0 radical (unpaired) electrons. The fourth-order valence-electron chi connectivity index (χ4n) is 2.67. The predicted octanol–water partition coefficient (Wildman–Crippen LogP) is 3.69. The lowest BCUT2D eigenvalue weighted by Gasteiger charge is -2.43. The van der Waals surface area contributed by atoms with Gasteiger partial charge in [0.2, 0.25) is 0 Å². The predicted molar refractivity (Wildman–Crippen MR) is 79.5 cm³/mol. The van der Waals surface area contributed by atoms with E-state index in [0.29, 0.717) is 28.7 Å². The summed E-state index contributed by atoms with van der Waals surface area (Å²) in [6, 6.07) is 5.58. The lowest BCUT2D eigenvalue weighted by molar-refractivity contribution is 0.323. The van der Waals surface area contributed by atoms with Crippen molar-refractivity contribution in [2.75, 3.05) is 18.0 Å². The molecule has 1 N–H and O–H groups in total. The maximum absolute atomic E-state index is 14.1. The molecule has 2 unspecified atom stereocenters. The normalized spacial score (nSPS) is 24.0. The van der Waals surface area contributed by atoms with Gasteiger partial charge in [0.1, 0.15) is 5.82 Å². The summed E-state index contributed by atoms with van der Waals surface area (Å²) < 4.78 is 14.1. The molecule has 1 fully saturated rings. The van der Waals surface area contributed by atoms with Crippen LogP contribution in [-0.4, -0.2) is 25.2 Å². The lowest BCUT2D eigenvalue weighted by Crippen LogP contribution is -2.58. The number of nitrogens with zero attached hydrogens (tertiary/aromatic N) is 1. The largest absolute Gasteiger partial charge is 0.362 e. The van der Waals surface area contributed by atoms with Crippen molar-refractivity contribution < 1.29 is 4.39 Å². The van der Waals surface area contributed by atoms with Crippen LogP contribution in [0.1, 0.15) is 27.2 Å². The van der Waals surface area contributed by atoms with E-state index in [0.717, 1.165) is 19.5 Å². The van der Waals surface area contributed by atoms with Gasteiger partial charge in [-0.25, -0.2) is 4.39 Å². The Morgan fingerprint density at radius 2 is 2.21 bits per heavy atom. The molecule has 0 spiro atoms. The molecule has 1 saturated heterocycles. The molecule has 2 rings (SSSR count). The van der Waals surface area contributed by atoms with Gasteiger partial charge >= 0.3 is 0 Å². The van der Waals surface area contributed by atoms with E-state index >= 15 is 0 Å². The highest BCUT2D eigenvalue weighted by Gasteiger charge is 2.30. The molecular formula is C15H22ClFN2. The zero-order valence-electron chi connectivity index (χ0n) is 11.8. The van der Waals surface area contributed by atoms with Crippen molar-refractivity contribution in [1.82, 2.24) is 5.32 Å². The van der Waals surface area contributed by atoms with Crippen LogP contribution in [0.2, 0.25) is 5.02 Å². The van der Waals surface area contributed by atoms with E-state index in [9.17, 15) is 4.39 Å². The number of hydrogen-bond donors (Lipinski definition) is 1. The van der Waals surface area contributed by atoms with Gasteiger partial charge in [0, 0.05) is 25.2 Å². The quantitative estimate of drug-likeness (QED) is 0.911. The summed E-state index contributed by atoms with van der Waals surface area (Å²) in [6.07, 6.45) is 0.975. The molecule has 1 heterocycles. The smallest absolute Gasteiger partial charge is 0.148 e. The SMILES string of the molecule is CCC1CNC(C(C)C)CN1c1c(F)cccc1Cl. The third kappa shape index (κ3) is 3.03. The number of benzene rings is 1. The molecule has 2 atom stereocenters. The van der Waals surface area contributed by atoms with Crippen LogP contribution >= 0.6 is 11.6 Å². The Morgan fingerprint density at radius 3 is 2.79 bits per heavy atom. The number of halogens is 2. The maximum Gasteiger partial charge on any atom is 0.148 e. The molecule has 19 heavy (non-hydrogen) atoms. The Labute approximate surface area is 119 Å². The van der Waals surface area contributed by atoms with Crippen molar-refractivity contribution >= 4 is 17.3 Å². The van der Waals surface area contributed by atoms with Crippen molar-refractivity contribution in [3.05, 3.63) is 29.0 Å². The van der Waals surface area contributed by atoms with Gasteiger partial charge in [-0.05, 0) is 24.5 Å². The van der Waals surface area contributed by atoms with Gasteiger partial charge in [-0.2, -0.15) is 0 Å². The fourth-order valence-corrected chi connectivity index (χ4v) is 2.94. The first-order valence-corrected chi connectivity index (χ1v) is 7.36. The summed E-state index contributed by atoms with van der Waals surface area (Å²) in [4.78, 5) is 2.14. The molecule has 0 aliphatic carbocycles. The third-order valence-electron chi connectivity index (χ3n) is 3.95. The second kappa shape index (κ2) is 6.10. The van der Waals surface area contributed by atoms with Crippen LogP contribution in [-0.2, 0) is 0 Å². The minimum Gasteiger partial charge on any atom is -0.362 e. The summed E-state index contributed by atoms with van der Waals surface area (Å²) in [7, 11) is 0. The van der Waals surface area contributed by atoms with Crippen molar-refractivity contribution in [1.29, 1.82) is 0 Å². The topological polar surface area (TPSA) is 15.3 Å². The molecular weight excluding hydrogens is 263 g/mol. The van der Waals surface area contributed by atoms with Gasteiger partial charge in [-0.1, -0.05) is 38.4 Å². The van der Waals surface area contributed by atoms with Crippen LogP contribution in [0.25, 0.3) is 0 Å². The number of anilines is 1. The van der Waals surface area contributed by atoms with E-state index in [1.807, 2.05) is 0 Å². The molecule has 0 saturated carbocycles. The third-order valence-corrected chi connectivity index (χ3v) is 4.26. The molecule has 0 bridgehead atoms. The van der Waals surface area contributed by atoms with E-state index in [2.05, 4.69) is 31.0 Å². The summed E-state index contributed by atoms with van der Waals surface area (Å²) in [5.41, 5.74) is 0.558. The molecule has 4 heteroatoms. The maximum atomic E-state index is 14.1. The van der Waals surface area contributed by atoms with Crippen LogP contribution in [0.4, 0.5) is 10.1 Å². The minimum atomic E-state index is -0.227.